The second-order valence-electron chi connectivity index (χ2n) is 5.31. The molecule has 0 radical (unpaired) electrons. The topological polar surface area (TPSA) is 43.1 Å². The lowest BCUT2D eigenvalue weighted by atomic mass is 9.92. The average molecular weight is 247 g/mol. The minimum atomic E-state index is 0.308. The molecule has 1 rings (SSSR count). The van der Waals surface area contributed by atoms with Gasteiger partial charge in [-0.15, -0.1) is 0 Å². The molecule has 100 valence electrons. The van der Waals surface area contributed by atoms with Crippen LogP contribution in [0.25, 0.3) is 0 Å². The molecule has 0 saturated carbocycles. The normalized spacial score (nSPS) is 12.5. The summed E-state index contributed by atoms with van der Waals surface area (Å²) in [5.41, 5.74) is 10.6. The third-order valence-electron chi connectivity index (χ3n) is 3.64. The summed E-state index contributed by atoms with van der Waals surface area (Å²) in [6.45, 7) is 8.96. The Bertz CT molecular complexity index is 396. The molecule has 1 aromatic rings. The standard InChI is InChI=1S/C16H25NO/c1-5-14(10-17)8-15(18)9-16-12(3)6-11(2)7-13(16)4/h6-7,14H,5,8-10,17H2,1-4H3. The van der Waals surface area contributed by atoms with Gasteiger partial charge in [-0.05, 0) is 49.9 Å². The zero-order valence-corrected chi connectivity index (χ0v) is 12.0. The Morgan fingerprint density at radius 1 is 1.22 bits per heavy atom. The molecule has 2 heteroatoms. The van der Waals surface area contributed by atoms with Crippen LogP contribution in [0, 0.1) is 26.7 Å². The molecule has 2 N–H and O–H groups in total. The maximum Gasteiger partial charge on any atom is 0.137 e. The van der Waals surface area contributed by atoms with Crippen molar-refractivity contribution >= 4 is 5.78 Å². The minimum absolute atomic E-state index is 0.308. The average Bonchev–Trinajstić information content (AvgIpc) is 2.30. The predicted molar refractivity (Wildman–Crippen MR) is 76.8 cm³/mol. The Labute approximate surface area is 111 Å². The number of hydrogen-bond donors (Lipinski definition) is 1. The summed E-state index contributed by atoms with van der Waals surface area (Å²) in [5, 5.41) is 0. The molecule has 0 amide bonds. The highest BCUT2D eigenvalue weighted by atomic mass is 16.1. The fraction of sp³-hybridized carbons (Fsp3) is 0.562. The van der Waals surface area contributed by atoms with Gasteiger partial charge in [0, 0.05) is 12.8 Å². The van der Waals surface area contributed by atoms with Gasteiger partial charge in [0.15, 0.2) is 0 Å². The number of benzene rings is 1. The molecule has 0 heterocycles. The van der Waals surface area contributed by atoms with Gasteiger partial charge < -0.3 is 5.73 Å². The number of ketones is 1. The van der Waals surface area contributed by atoms with Crippen LogP contribution in [0.3, 0.4) is 0 Å². The van der Waals surface area contributed by atoms with Crippen LogP contribution in [0.15, 0.2) is 12.1 Å². The van der Waals surface area contributed by atoms with Gasteiger partial charge >= 0.3 is 0 Å². The highest BCUT2D eigenvalue weighted by Crippen LogP contribution is 2.19. The van der Waals surface area contributed by atoms with Gasteiger partial charge in [0.25, 0.3) is 0 Å². The Morgan fingerprint density at radius 3 is 2.22 bits per heavy atom. The van der Waals surface area contributed by atoms with Crippen molar-refractivity contribution in [3.8, 4) is 0 Å². The summed E-state index contributed by atoms with van der Waals surface area (Å²) >= 11 is 0. The van der Waals surface area contributed by atoms with Crippen molar-refractivity contribution in [2.75, 3.05) is 6.54 Å². The van der Waals surface area contributed by atoms with E-state index < -0.39 is 0 Å². The van der Waals surface area contributed by atoms with E-state index in [1.54, 1.807) is 0 Å². The summed E-state index contributed by atoms with van der Waals surface area (Å²) in [6.07, 6.45) is 2.14. The van der Waals surface area contributed by atoms with E-state index in [0.717, 1.165) is 6.42 Å². The molecule has 0 aromatic heterocycles. The van der Waals surface area contributed by atoms with Gasteiger partial charge in [-0.1, -0.05) is 31.0 Å². The van der Waals surface area contributed by atoms with Crippen LogP contribution in [0.2, 0.25) is 0 Å². The molecule has 18 heavy (non-hydrogen) atoms. The fourth-order valence-electron chi connectivity index (χ4n) is 2.47. The summed E-state index contributed by atoms with van der Waals surface area (Å²) in [4.78, 5) is 12.1. The summed E-state index contributed by atoms with van der Waals surface area (Å²) in [6, 6.07) is 4.30. The monoisotopic (exact) mass is 247 g/mol. The van der Waals surface area contributed by atoms with Crippen molar-refractivity contribution in [1.29, 1.82) is 0 Å². The van der Waals surface area contributed by atoms with Crippen LogP contribution >= 0.6 is 0 Å². The fourth-order valence-corrected chi connectivity index (χ4v) is 2.47. The Hall–Kier alpha value is -1.15. The number of aryl methyl sites for hydroxylation is 3. The van der Waals surface area contributed by atoms with Crippen molar-refractivity contribution < 1.29 is 4.79 Å². The van der Waals surface area contributed by atoms with E-state index in [1.165, 1.54) is 22.3 Å². The van der Waals surface area contributed by atoms with Gasteiger partial charge in [-0.25, -0.2) is 0 Å². The molecule has 0 spiro atoms. The molecule has 0 aliphatic rings. The first-order valence-corrected chi connectivity index (χ1v) is 6.76. The van der Waals surface area contributed by atoms with Crippen LogP contribution < -0.4 is 5.73 Å². The molecular formula is C16H25NO. The SMILES string of the molecule is CCC(CN)CC(=O)Cc1c(C)cc(C)cc1C. The number of carbonyl (C=O) groups excluding carboxylic acids is 1. The van der Waals surface area contributed by atoms with Crippen molar-refractivity contribution in [1.82, 2.24) is 0 Å². The minimum Gasteiger partial charge on any atom is -0.330 e. The van der Waals surface area contributed by atoms with E-state index in [1.807, 2.05) is 0 Å². The Morgan fingerprint density at radius 2 is 1.78 bits per heavy atom. The third-order valence-corrected chi connectivity index (χ3v) is 3.64. The van der Waals surface area contributed by atoms with Crippen LogP contribution in [0.5, 0.6) is 0 Å². The zero-order chi connectivity index (χ0) is 13.7. The predicted octanol–water partition coefficient (Wildman–Crippen LogP) is 3.10. The van der Waals surface area contributed by atoms with Crippen LogP contribution in [0.4, 0.5) is 0 Å². The molecule has 1 aromatic carbocycles. The third kappa shape index (κ3) is 3.95. The van der Waals surface area contributed by atoms with Crippen molar-refractivity contribution in [2.24, 2.45) is 11.7 Å². The largest absolute Gasteiger partial charge is 0.330 e. The first kappa shape index (κ1) is 14.9. The maximum absolute atomic E-state index is 12.1. The molecule has 1 atom stereocenters. The maximum atomic E-state index is 12.1. The number of nitrogens with two attached hydrogens (primary N) is 1. The molecule has 0 aliphatic carbocycles. The number of hydrogen-bond acceptors (Lipinski definition) is 2. The van der Waals surface area contributed by atoms with Gasteiger partial charge in [-0.3, -0.25) is 4.79 Å². The van der Waals surface area contributed by atoms with Crippen molar-refractivity contribution in [3.63, 3.8) is 0 Å². The molecule has 0 fully saturated rings. The molecule has 2 nitrogen and oxygen atoms in total. The molecule has 0 aliphatic heterocycles. The second kappa shape index (κ2) is 6.69. The van der Waals surface area contributed by atoms with Crippen LogP contribution in [-0.4, -0.2) is 12.3 Å². The molecule has 1 unspecified atom stereocenters. The van der Waals surface area contributed by atoms with E-state index >= 15 is 0 Å². The Balaban J connectivity index is 2.76. The van der Waals surface area contributed by atoms with E-state index in [9.17, 15) is 4.79 Å². The smallest absolute Gasteiger partial charge is 0.137 e. The van der Waals surface area contributed by atoms with Gasteiger partial charge in [0.2, 0.25) is 0 Å². The van der Waals surface area contributed by atoms with E-state index in [2.05, 4.69) is 39.8 Å². The lowest BCUT2D eigenvalue weighted by Gasteiger charge is -2.14. The van der Waals surface area contributed by atoms with Gasteiger partial charge in [0.1, 0.15) is 5.78 Å². The second-order valence-corrected chi connectivity index (χ2v) is 5.31. The quantitative estimate of drug-likeness (QED) is 0.839. The summed E-state index contributed by atoms with van der Waals surface area (Å²) < 4.78 is 0. The van der Waals surface area contributed by atoms with Crippen molar-refractivity contribution in [3.05, 3.63) is 34.4 Å². The van der Waals surface area contributed by atoms with Gasteiger partial charge in [0.05, 0.1) is 0 Å². The van der Waals surface area contributed by atoms with E-state index in [0.29, 0.717) is 31.1 Å². The highest BCUT2D eigenvalue weighted by molar-refractivity contribution is 5.81. The first-order chi connectivity index (χ1) is 8.47. The summed E-state index contributed by atoms with van der Waals surface area (Å²) in [5.74, 6) is 0.644. The molecule has 0 bridgehead atoms. The van der Waals surface area contributed by atoms with Crippen LogP contribution in [0.1, 0.15) is 42.0 Å². The summed E-state index contributed by atoms with van der Waals surface area (Å²) in [7, 11) is 0. The van der Waals surface area contributed by atoms with Gasteiger partial charge in [-0.2, -0.15) is 0 Å². The van der Waals surface area contributed by atoms with E-state index in [-0.39, 0.29) is 0 Å². The first-order valence-electron chi connectivity index (χ1n) is 6.76. The number of Topliss-reactive ketones (excluding diaryl/α,β-unsaturated/α-hetero) is 1. The van der Waals surface area contributed by atoms with Crippen LogP contribution in [-0.2, 0) is 11.2 Å². The lowest BCUT2D eigenvalue weighted by molar-refractivity contribution is -0.119. The van der Waals surface area contributed by atoms with Crippen molar-refractivity contribution in [2.45, 2.75) is 47.0 Å². The highest BCUT2D eigenvalue weighted by Gasteiger charge is 2.13. The molecular weight excluding hydrogens is 222 g/mol. The van der Waals surface area contributed by atoms with E-state index in [4.69, 9.17) is 5.73 Å². The Kier molecular flexibility index (Phi) is 5.54. The lowest BCUT2D eigenvalue weighted by Crippen LogP contribution is -2.19. The molecule has 0 saturated heterocycles. The zero-order valence-electron chi connectivity index (χ0n) is 12.0. The number of rotatable bonds is 6. The number of carbonyl (C=O) groups is 1.